The normalized spacial score (nSPS) is 18.0. The van der Waals surface area contributed by atoms with Gasteiger partial charge in [-0.25, -0.2) is 0 Å². The lowest BCUT2D eigenvalue weighted by atomic mass is 9.87. The second-order valence-corrected chi connectivity index (χ2v) is 5.43. The third-order valence-electron chi connectivity index (χ3n) is 4.15. The largest absolute Gasteiger partial charge is 0.381 e. The average molecular weight is 289 g/mol. The molecule has 112 valence electrons. The summed E-state index contributed by atoms with van der Waals surface area (Å²) < 4.78 is 5.41. The van der Waals surface area contributed by atoms with Crippen LogP contribution in [0.15, 0.2) is 27.8 Å². The molecule has 0 spiro atoms. The topological polar surface area (TPSA) is 87.0 Å². The van der Waals surface area contributed by atoms with Crippen LogP contribution in [-0.2, 0) is 4.74 Å². The minimum atomic E-state index is -0.621. The van der Waals surface area contributed by atoms with Crippen molar-refractivity contribution in [2.75, 3.05) is 20.3 Å². The molecule has 1 aromatic heterocycles. The van der Waals surface area contributed by atoms with Crippen LogP contribution in [0.25, 0.3) is 11.0 Å². The highest BCUT2D eigenvalue weighted by Gasteiger charge is 2.24. The van der Waals surface area contributed by atoms with Crippen molar-refractivity contribution in [1.82, 2.24) is 15.3 Å². The molecule has 2 heterocycles. The van der Waals surface area contributed by atoms with Gasteiger partial charge in [0, 0.05) is 19.3 Å². The standard InChI is InChI=1S/C15H19N3O3/c1-16-13(9-4-6-21-7-5-9)10-2-3-11-12(8-10)18-15(20)14(19)17-11/h2-3,8-9,13,16H,4-7H2,1H3,(H,17,19)(H,18,20). The van der Waals surface area contributed by atoms with Crippen molar-refractivity contribution in [3.05, 3.63) is 44.5 Å². The first-order valence-electron chi connectivity index (χ1n) is 7.20. The van der Waals surface area contributed by atoms with E-state index >= 15 is 0 Å². The van der Waals surface area contributed by atoms with Crippen LogP contribution in [0.4, 0.5) is 0 Å². The van der Waals surface area contributed by atoms with Gasteiger partial charge in [0.1, 0.15) is 0 Å². The molecule has 1 saturated heterocycles. The summed E-state index contributed by atoms with van der Waals surface area (Å²) in [6, 6.07) is 5.98. The Morgan fingerprint density at radius 3 is 2.48 bits per heavy atom. The number of aromatic nitrogens is 2. The predicted molar refractivity (Wildman–Crippen MR) is 80.5 cm³/mol. The molecule has 1 fully saturated rings. The van der Waals surface area contributed by atoms with E-state index in [1.165, 1.54) is 0 Å². The average Bonchev–Trinajstić information content (AvgIpc) is 2.50. The van der Waals surface area contributed by atoms with Gasteiger partial charge >= 0.3 is 11.1 Å². The van der Waals surface area contributed by atoms with E-state index in [1.807, 2.05) is 25.2 Å². The van der Waals surface area contributed by atoms with Gasteiger partial charge < -0.3 is 20.0 Å². The molecule has 1 aliphatic rings. The molecule has 21 heavy (non-hydrogen) atoms. The van der Waals surface area contributed by atoms with Crippen LogP contribution in [0.3, 0.4) is 0 Å². The zero-order chi connectivity index (χ0) is 14.8. The Kier molecular flexibility index (Phi) is 3.90. The Bertz CT molecular complexity index is 744. The maximum Gasteiger partial charge on any atom is 0.314 e. The highest BCUT2D eigenvalue weighted by Crippen LogP contribution is 2.30. The first kappa shape index (κ1) is 14.0. The molecule has 0 aliphatic carbocycles. The van der Waals surface area contributed by atoms with E-state index in [1.54, 1.807) is 0 Å². The first-order chi connectivity index (χ1) is 10.2. The van der Waals surface area contributed by atoms with Gasteiger partial charge in [0.25, 0.3) is 0 Å². The van der Waals surface area contributed by atoms with Crippen molar-refractivity contribution >= 4 is 11.0 Å². The van der Waals surface area contributed by atoms with Gasteiger partial charge in [0.15, 0.2) is 0 Å². The van der Waals surface area contributed by atoms with E-state index in [0.717, 1.165) is 31.6 Å². The Morgan fingerprint density at radius 1 is 1.14 bits per heavy atom. The fourth-order valence-electron chi connectivity index (χ4n) is 3.05. The quantitative estimate of drug-likeness (QED) is 0.733. The molecule has 1 atom stereocenters. The maximum absolute atomic E-state index is 11.5. The number of hydrogen-bond acceptors (Lipinski definition) is 4. The summed E-state index contributed by atoms with van der Waals surface area (Å²) in [5, 5.41) is 3.36. The summed E-state index contributed by atoms with van der Waals surface area (Å²) in [5.41, 5.74) is 1.17. The zero-order valence-electron chi connectivity index (χ0n) is 11.9. The summed E-state index contributed by atoms with van der Waals surface area (Å²) in [5.74, 6) is 0.510. The molecule has 1 unspecified atom stereocenters. The van der Waals surface area contributed by atoms with Crippen LogP contribution in [0, 0.1) is 5.92 Å². The molecule has 3 N–H and O–H groups in total. The van der Waals surface area contributed by atoms with Crippen molar-refractivity contribution in [1.29, 1.82) is 0 Å². The highest BCUT2D eigenvalue weighted by molar-refractivity contribution is 5.74. The molecule has 1 aliphatic heterocycles. The second-order valence-electron chi connectivity index (χ2n) is 5.43. The highest BCUT2D eigenvalue weighted by atomic mass is 16.5. The Balaban J connectivity index is 2.00. The maximum atomic E-state index is 11.5. The second kappa shape index (κ2) is 5.83. The minimum absolute atomic E-state index is 0.216. The summed E-state index contributed by atoms with van der Waals surface area (Å²) in [4.78, 5) is 28.0. The van der Waals surface area contributed by atoms with Gasteiger partial charge in [-0.1, -0.05) is 6.07 Å². The van der Waals surface area contributed by atoms with Crippen molar-refractivity contribution in [2.45, 2.75) is 18.9 Å². The summed E-state index contributed by atoms with van der Waals surface area (Å²) in [6.45, 7) is 1.58. The van der Waals surface area contributed by atoms with Crippen LogP contribution < -0.4 is 16.4 Å². The van der Waals surface area contributed by atoms with Gasteiger partial charge in [-0.05, 0) is 43.5 Å². The third-order valence-corrected chi connectivity index (χ3v) is 4.15. The SMILES string of the molecule is CNC(c1ccc2[nH]c(=O)c(=O)[nH]c2c1)C1CCOCC1. The molecular weight excluding hydrogens is 270 g/mol. The number of H-pyrrole nitrogens is 2. The van der Waals surface area contributed by atoms with E-state index in [9.17, 15) is 9.59 Å². The lowest BCUT2D eigenvalue weighted by Crippen LogP contribution is -2.31. The number of fused-ring (bicyclic) bond motifs is 1. The van der Waals surface area contributed by atoms with E-state index in [2.05, 4.69) is 15.3 Å². The lowest BCUT2D eigenvalue weighted by molar-refractivity contribution is 0.0546. The zero-order valence-corrected chi connectivity index (χ0v) is 11.9. The molecule has 0 bridgehead atoms. The molecular formula is C15H19N3O3. The molecule has 3 rings (SSSR count). The lowest BCUT2D eigenvalue weighted by Gasteiger charge is -2.30. The first-order valence-corrected chi connectivity index (χ1v) is 7.20. The summed E-state index contributed by atoms with van der Waals surface area (Å²) in [6.07, 6.45) is 2.04. The number of benzene rings is 1. The van der Waals surface area contributed by atoms with Gasteiger partial charge in [-0.3, -0.25) is 9.59 Å². The molecule has 6 nitrogen and oxygen atoms in total. The number of nitrogens with one attached hydrogen (secondary N) is 3. The van der Waals surface area contributed by atoms with Crippen molar-refractivity contribution in [3.63, 3.8) is 0 Å². The summed E-state index contributed by atoms with van der Waals surface area (Å²) in [7, 11) is 1.94. The van der Waals surface area contributed by atoms with Gasteiger partial charge in [-0.2, -0.15) is 0 Å². The molecule has 1 aromatic carbocycles. The van der Waals surface area contributed by atoms with E-state index in [0.29, 0.717) is 17.0 Å². The van der Waals surface area contributed by atoms with Crippen molar-refractivity contribution in [2.24, 2.45) is 5.92 Å². The number of rotatable bonds is 3. The minimum Gasteiger partial charge on any atom is -0.381 e. The van der Waals surface area contributed by atoms with Crippen LogP contribution in [-0.4, -0.2) is 30.2 Å². The fraction of sp³-hybridized carbons (Fsp3) is 0.467. The number of ether oxygens (including phenoxy) is 1. The molecule has 6 heteroatoms. The van der Waals surface area contributed by atoms with Gasteiger partial charge in [0.2, 0.25) is 0 Å². The van der Waals surface area contributed by atoms with Gasteiger partial charge in [-0.15, -0.1) is 0 Å². The van der Waals surface area contributed by atoms with Crippen LogP contribution in [0.1, 0.15) is 24.4 Å². The monoisotopic (exact) mass is 289 g/mol. The van der Waals surface area contributed by atoms with E-state index in [4.69, 9.17) is 4.74 Å². The van der Waals surface area contributed by atoms with Crippen LogP contribution in [0.2, 0.25) is 0 Å². The predicted octanol–water partition coefficient (Wildman–Crippen LogP) is 0.903. The molecule has 0 amide bonds. The third kappa shape index (κ3) is 2.77. The summed E-state index contributed by atoms with van der Waals surface area (Å²) >= 11 is 0. The van der Waals surface area contributed by atoms with Crippen LogP contribution >= 0.6 is 0 Å². The van der Waals surface area contributed by atoms with Crippen molar-refractivity contribution < 1.29 is 4.74 Å². The fourth-order valence-corrected chi connectivity index (χ4v) is 3.05. The van der Waals surface area contributed by atoms with Gasteiger partial charge in [0.05, 0.1) is 11.0 Å². The van der Waals surface area contributed by atoms with E-state index < -0.39 is 11.1 Å². The smallest absolute Gasteiger partial charge is 0.314 e. The van der Waals surface area contributed by atoms with Crippen molar-refractivity contribution in [3.8, 4) is 0 Å². The Labute approximate surface area is 121 Å². The van der Waals surface area contributed by atoms with Crippen LogP contribution in [0.5, 0.6) is 0 Å². The number of hydrogen-bond donors (Lipinski definition) is 3. The Morgan fingerprint density at radius 2 is 1.81 bits per heavy atom. The molecule has 2 aromatic rings. The Hall–Kier alpha value is -1.92. The number of aromatic amines is 2. The molecule has 0 saturated carbocycles. The molecule has 0 radical (unpaired) electrons. The van der Waals surface area contributed by atoms with E-state index in [-0.39, 0.29) is 6.04 Å².